The van der Waals surface area contributed by atoms with Crippen molar-refractivity contribution in [3.05, 3.63) is 28.8 Å². The Morgan fingerprint density at radius 1 is 1.40 bits per heavy atom. The van der Waals surface area contributed by atoms with Gasteiger partial charge in [0.1, 0.15) is 0 Å². The van der Waals surface area contributed by atoms with Crippen LogP contribution in [0.4, 0.5) is 5.69 Å². The molecule has 1 aromatic carbocycles. The van der Waals surface area contributed by atoms with Gasteiger partial charge >= 0.3 is 0 Å². The van der Waals surface area contributed by atoms with Crippen molar-refractivity contribution in [2.24, 2.45) is 5.92 Å². The third kappa shape index (κ3) is 3.71. The molecule has 0 atom stereocenters. The van der Waals surface area contributed by atoms with Gasteiger partial charge in [0.2, 0.25) is 5.91 Å². The summed E-state index contributed by atoms with van der Waals surface area (Å²) < 4.78 is 0. The number of carbonyl (C=O) groups is 2. The van der Waals surface area contributed by atoms with Gasteiger partial charge < -0.3 is 16.0 Å². The monoisotopic (exact) mass is 295 g/mol. The molecule has 0 aliphatic carbocycles. The summed E-state index contributed by atoms with van der Waals surface area (Å²) >= 11 is 6.00. The van der Waals surface area contributed by atoms with Crippen molar-refractivity contribution in [1.82, 2.24) is 10.6 Å². The Bertz CT molecular complexity index is 515. The molecule has 1 heterocycles. The van der Waals surface area contributed by atoms with Gasteiger partial charge in [-0.05, 0) is 44.1 Å². The first-order valence-electron chi connectivity index (χ1n) is 6.68. The van der Waals surface area contributed by atoms with E-state index in [1.807, 2.05) is 6.92 Å². The Kier molecular flexibility index (Phi) is 4.98. The van der Waals surface area contributed by atoms with Gasteiger partial charge in [-0.15, -0.1) is 0 Å². The van der Waals surface area contributed by atoms with Crippen molar-refractivity contribution in [3.63, 3.8) is 0 Å². The van der Waals surface area contributed by atoms with Crippen LogP contribution in [-0.4, -0.2) is 31.4 Å². The second-order valence-corrected chi connectivity index (χ2v) is 5.24. The fraction of sp³-hybridized carbons (Fsp3) is 0.429. The van der Waals surface area contributed by atoms with E-state index in [0.29, 0.717) is 35.2 Å². The van der Waals surface area contributed by atoms with Gasteiger partial charge in [0.05, 0.1) is 10.6 Å². The number of carbonyl (C=O) groups excluding carboxylic acids is 2. The first-order valence-corrected chi connectivity index (χ1v) is 7.06. The van der Waals surface area contributed by atoms with Crippen LogP contribution in [0.2, 0.25) is 5.02 Å². The van der Waals surface area contributed by atoms with Gasteiger partial charge in [0.15, 0.2) is 0 Å². The SMILES string of the molecule is CCNC(=O)c1cc(NC(=O)CC2CNC2)ccc1Cl. The molecule has 5 nitrogen and oxygen atoms in total. The van der Waals surface area contributed by atoms with Crippen molar-refractivity contribution >= 4 is 29.1 Å². The Morgan fingerprint density at radius 3 is 2.75 bits per heavy atom. The van der Waals surface area contributed by atoms with Crippen LogP contribution in [0.1, 0.15) is 23.7 Å². The van der Waals surface area contributed by atoms with E-state index in [2.05, 4.69) is 16.0 Å². The van der Waals surface area contributed by atoms with Gasteiger partial charge in [-0.2, -0.15) is 0 Å². The molecule has 0 bridgehead atoms. The summed E-state index contributed by atoms with van der Waals surface area (Å²) in [6.07, 6.45) is 0.492. The highest BCUT2D eigenvalue weighted by Gasteiger charge is 2.20. The number of amides is 2. The van der Waals surface area contributed by atoms with E-state index >= 15 is 0 Å². The molecule has 1 fully saturated rings. The Balaban J connectivity index is 2.02. The zero-order valence-electron chi connectivity index (χ0n) is 11.3. The maximum absolute atomic E-state index is 11.8. The third-order valence-electron chi connectivity index (χ3n) is 3.17. The number of nitrogens with one attached hydrogen (secondary N) is 3. The number of halogens is 1. The topological polar surface area (TPSA) is 70.2 Å². The van der Waals surface area contributed by atoms with Crippen molar-refractivity contribution in [2.45, 2.75) is 13.3 Å². The van der Waals surface area contributed by atoms with Crippen LogP contribution in [0.15, 0.2) is 18.2 Å². The summed E-state index contributed by atoms with van der Waals surface area (Å²) in [5, 5.41) is 8.99. The van der Waals surface area contributed by atoms with E-state index in [1.54, 1.807) is 18.2 Å². The first-order chi connectivity index (χ1) is 9.60. The number of hydrogen-bond acceptors (Lipinski definition) is 3. The Labute approximate surface area is 123 Å². The number of benzene rings is 1. The molecule has 2 rings (SSSR count). The summed E-state index contributed by atoms with van der Waals surface area (Å²) in [4.78, 5) is 23.7. The van der Waals surface area contributed by atoms with Gasteiger partial charge in [-0.25, -0.2) is 0 Å². The van der Waals surface area contributed by atoms with E-state index in [9.17, 15) is 9.59 Å². The summed E-state index contributed by atoms with van der Waals surface area (Å²) in [6, 6.07) is 4.92. The van der Waals surface area contributed by atoms with Gasteiger partial charge in [0.25, 0.3) is 5.91 Å². The number of hydrogen-bond donors (Lipinski definition) is 3. The molecule has 3 N–H and O–H groups in total. The molecule has 0 radical (unpaired) electrons. The van der Waals surface area contributed by atoms with E-state index in [0.717, 1.165) is 13.1 Å². The summed E-state index contributed by atoms with van der Waals surface area (Å²) in [5.41, 5.74) is 0.963. The molecule has 20 heavy (non-hydrogen) atoms. The van der Waals surface area contributed by atoms with E-state index < -0.39 is 0 Å². The molecule has 2 amide bonds. The molecular weight excluding hydrogens is 278 g/mol. The van der Waals surface area contributed by atoms with Gasteiger partial charge in [-0.1, -0.05) is 11.6 Å². The minimum absolute atomic E-state index is 0.0410. The minimum atomic E-state index is -0.239. The quantitative estimate of drug-likeness (QED) is 0.773. The van der Waals surface area contributed by atoms with Crippen molar-refractivity contribution < 1.29 is 9.59 Å². The third-order valence-corrected chi connectivity index (χ3v) is 3.50. The lowest BCUT2D eigenvalue weighted by atomic mass is 9.99. The van der Waals surface area contributed by atoms with Crippen molar-refractivity contribution in [2.75, 3.05) is 25.0 Å². The van der Waals surface area contributed by atoms with E-state index in [4.69, 9.17) is 11.6 Å². The van der Waals surface area contributed by atoms with Crippen molar-refractivity contribution in [1.29, 1.82) is 0 Å². The van der Waals surface area contributed by atoms with Gasteiger partial charge in [-0.3, -0.25) is 9.59 Å². The molecule has 1 aliphatic rings. The maximum Gasteiger partial charge on any atom is 0.252 e. The second kappa shape index (κ2) is 6.72. The highest BCUT2D eigenvalue weighted by atomic mass is 35.5. The van der Waals surface area contributed by atoms with Crippen LogP contribution in [-0.2, 0) is 4.79 Å². The number of anilines is 1. The molecule has 1 saturated heterocycles. The molecule has 0 aromatic heterocycles. The van der Waals surface area contributed by atoms with Gasteiger partial charge in [0, 0.05) is 18.7 Å². The Morgan fingerprint density at radius 2 is 2.15 bits per heavy atom. The van der Waals surface area contributed by atoms with Crippen LogP contribution >= 0.6 is 11.6 Å². The van der Waals surface area contributed by atoms with Crippen LogP contribution in [0.25, 0.3) is 0 Å². The molecule has 0 saturated carbocycles. The molecule has 0 unspecified atom stereocenters. The summed E-state index contributed by atoms with van der Waals surface area (Å²) in [7, 11) is 0. The second-order valence-electron chi connectivity index (χ2n) is 4.83. The standard InChI is InChI=1S/C14H18ClN3O2/c1-2-17-14(20)11-6-10(3-4-12(11)15)18-13(19)5-9-7-16-8-9/h3-4,6,9,16H,2,5,7-8H2,1H3,(H,17,20)(H,18,19). The van der Waals surface area contributed by atoms with E-state index in [-0.39, 0.29) is 11.8 Å². The molecule has 1 aromatic rings. The predicted octanol–water partition coefficient (Wildman–Crippen LogP) is 1.64. The predicted molar refractivity (Wildman–Crippen MR) is 79.1 cm³/mol. The maximum atomic E-state index is 11.8. The Hall–Kier alpha value is -1.59. The van der Waals surface area contributed by atoms with Crippen LogP contribution in [0, 0.1) is 5.92 Å². The molecule has 108 valence electrons. The number of rotatable bonds is 5. The molecule has 0 spiro atoms. The average molecular weight is 296 g/mol. The molecular formula is C14H18ClN3O2. The fourth-order valence-electron chi connectivity index (χ4n) is 2.00. The van der Waals surface area contributed by atoms with Crippen molar-refractivity contribution in [3.8, 4) is 0 Å². The summed E-state index contributed by atoms with van der Waals surface area (Å²) in [5.74, 6) is 0.127. The van der Waals surface area contributed by atoms with Crippen LogP contribution in [0.5, 0.6) is 0 Å². The highest BCUT2D eigenvalue weighted by Crippen LogP contribution is 2.21. The van der Waals surface area contributed by atoms with Crippen LogP contribution < -0.4 is 16.0 Å². The highest BCUT2D eigenvalue weighted by molar-refractivity contribution is 6.34. The smallest absolute Gasteiger partial charge is 0.252 e. The lowest BCUT2D eigenvalue weighted by molar-refractivity contribution is -0.117. The minimum Gasteiger partial charge on any atom is -0.352 e. The lowest BCUT2D eigenvalue weighted by Gasteiger charge is -2.26. The fourth-order valence-corrected chi connectivity index (χ4v) is 2.20. The summed E-state index contributed by atoms with van der Waals surface area (Å²) in [6.45, 7) is 4.14. The molecule has 6 heteroatoms. The normalized spacial score (nSPS) is 14.5. The largest absolute Gasteiger partial charge is 0.352 e. The van der Waals surface area contributed by atoms with E-state index in [1.165, 1.54) is 0 Å². The zero-order chi connectivity index (χ0) is 14.5. The zero-order valence-corrected chi connectivity index (χ0v) is 12.1. The lowest BCUT2D eigenvalue weighted by Crippen LogP contribution is -2.43. The first kappa shape index (κ1) is 14.8. The molecule has 1 aliphatic heterocycles. The average Bonchev–Trinajstić information content (AvgIpc) is 2.36. The van der Waals surface area contributed by atoms with Crippen LogP contribution in [0.3, 0.4) is 0 Å².